The summed E-state index contributed by atoms with van der Waals surface area (Å²) in [6, 6.07) is 8.25. The molecule has 5 nitrogen and oxygen atoms in total. The highest BCUT2D eigenvalue weighted by Gasteiger charge is 2.29. The first-order chi connectivity index (χ1) is 13.0. The lowest BCUT2D eigenvalue weighted by atomic mass is 9.76. The molecule has 1 aliphatic carbocycles. The molecule has 3 aromatic heterocycles. The van der Waals surface area contributed by atoms with Gasteiger partial charge in [-0.15, -0.1) is 11.8 Å². The Hall–Kier alpha value is -2.34. The molecular weight excluding hydrogens is 354 g/mol. The lowest BCUT2D eigenvalue weighted by Gasteiger charge is -2.29. The Morgan fingerprint density at radius 1 is 1.30 bits per heavy atom. The Morgan fingerprint density at radius 3 is 2.96 bits per heavy atom. The third-order valence-electron chi connectivity index (χ3n) is 5.14. The molecule has 0 fully saturated rings. The maximum absolute atomic E-state index is 4.71. The van der Waals surface area contributed by atoms with Crippen LogP contribution in [-0.4, -0.2) is 26.4 Å². The molecule has 6 heteroatoms. The first-order valence-electron chi connectivity index (χ1n) is 9.29. The van der Waals surface area contributed by atoms with Crippen molar-refractivity contribution in [3.05, 3.63) is 53.5 Å². The van der Waals surface area contributed by atoms with Crippen molar-refractivity contribution in [2.75, 3.05) is 11.6 Å². The van der Waals surface area contributed by atoms with Crippen LogP contribution in [-0.2, 0) is 19.4 Å². The van der Waals surface area contributed by atoms with Crippen molar-refractivity contribution in [3.8, 4) is 11.3 Å². The van der Waals surface area contributed by atoms with E-state index in [1.165, 1.54) is 17.7 Å². The van der Waals surface area contributed by atoms with Gasteiger partial charge < -0.3 is 5.32 Å². The second kappa shape index (κ2) is 7.35. The van der Waals surface area contributed by atoms with E-state index in [1.54, 1.807) is 18.0 Å². The van der Waals surface area contributed by atoms with E-state index in [9.17, 15) is 0 Å². The zero-order valence-corrected chi connectivity index (χ0v) is 16.9. The highest BCUT2D eigenvalue weighted by Crippen LogP contribution is 2.38. The molecule has 27 heavy (non-hydrogen) atoms. The van der Waals surface area contributed by atoms with Gasteiger partial charge in [-0.05, 0) is 54.7 Å². The predicted molar refractivity (Wildman–Crippen MR) is 111 cm³/mol. The van der Waals surface area contributed by atoms with Crippen LogP contribution in [0.4, 0.5) is 5.82 Å². The van der Waals surface area contributed by atoms with Gasteiger partial charge in [-0.25, -0.2) is 4.98 Å². The van der Waals surface area contributed by atoms with Gasteiger partial charge in [0.15, 0.2) is 0 Å². The van der Waals surface area contributed by atoms with E-state index in [4.69, 9.17) is 4.98 Å². The van der Waals surface area contributed by atoms with Crippen molar-refractivity contribution < 1.29 is 0 Å². The van der Waals surface area contributed by atoms with Gasteiger partial charge in [0.1, 0.15) is 5.82 Å². The van der Waals surface area contributed by atoms with Gasteiger partial charge in [0.2, 0.25) is 0 Å². The number of nitrogens with one attached hydrogen (secondary N) is 2. The summed E-state index contributed by atoms with van der Waals surface area (Å²) in [6.07, 6.45) is 9.04. The van der Waals surface area contributed by atoms with Crippen LogP contribution in [0.25, 0.3) is 11.3 Å². The van der Waals surface area contributed by atoms with Crippen LogP contribution in [0.5, 0.6) is 0 Å². The van der Waals surface area contributed by atoms with Crippen LogP contribution in [0, 0.1) is 5.41 Å². The quantitative estimate of drug-likeness (QED) is 0.628. The highest BCUT2D eigenvalue weighted by atomic mass is 32.2. The number of anilines is 1. The first kappa shape index (κ1) is 18.0. The number of pyridine rings is 2. The van der Waals surface area contributed by atoms with Crippen LogP contribution in [0.3, 0.4) is 0 Å². The van der Waals surface area contributed by atoms with E-state index < -0.39 is 0 Å². The molecule has 0 atom stereocenters. The van der Waals surface area contributed by atoms with E-state index in [-0.39, 0.29) is 0 Å². The third-order valence-corrected chi connectivity index (χ3v) is 5.77. The Balaban J connectivity index is 1.63. The minimum atomic E-state index is 0.343. The number of rotatable bonds is 5. The average molecular weight is 380 g/mol. The third kappa shape index (κ3) is 4.00. The van der Waals surface area contributed by atoms with Crippen molar-refractivity contribution in [3.63, 3.8) is 0 Å². The molecule has 140 valence electrons. The van der Waals surface area contributed by atoms with Crippen molar-refractivity contribution in [1.29, 1.82) is 0 Å². The van der Waals surface area contributed by atoms with E-state index >= 15 is 0 Å². The summed E-state index contributed by atoms with van der Waals surface area (Å²) >= 11 is 1.65. The number of aromatic amines is 1. The van der Waals surface area contributed by atoms with Crippen LogP contribution in [0.2, 0.25) is 0 Å². The SMILES string of the molecule is CSc1cc(-c2n[nH]c3c2CCC(C)(C)C3)cc(NCc2cccnc2)n1. The maximum Gasteiger partial charge on any atom is 0.128 e. The average Bonchev–Trinajstić information content (AvgIpc) is 3.08. The number of thioether (sulfide) groups is 1. The monoisotopic (exact) mass is 379 g/mol. The van der Waals surface area contributed by atoms with E-state index in [1.807, 2.05) is 12.3 Å². The minimum Gasteiger partial charge on any atom is -0.366 e. The number of fused-ring (bicyclic) bond motifs is 1. The van der Waals surface area contributed by atoms with Gasteiger partial charge in [-0.2, -0.15) is 5.10 Å². The van der Waals surface area contributed by atoms with E-state index in [2.05, 4.69) is 58.8 Å². The van der Waals surface area contributed by atoms with Crippen molar-refractivity contribution >= 4 is 17.6 Å². The van der Waals surface area contributed by atoms with Crippen LogP contribution < -0.4 is 5.32 Å². The van der Waals surface area contributed by atoms with E-state index in [0.29, 0.717) is 12.0 Å². The van der Waals surface area contributed by atoms with Gasteiger partial charge in [-0.1, -0.05) is 19.9 Å². The topological polar surface area (TPSA) is 66.5 Å². The minimum absolute atomic E-state index is 0.343. The summed E-state index contributed by atoms with van der Waals surface area (Å²) in [7, 11) is 0. The smallest absolute Gasteiger partial charge is 0.128 e. The zero-order valence-electron chi connectivity index (χ0n) is 16.0. The Kier molecular flexibility index (Phi) is 4.91. The Labute approximate surface area is 164 Å². The molecule has 0 radical (unpaired) electrons. The molecule has 2 N–H and O–H groups in total. The molecule has 0 saturated carbocycles. The largest absolute Gasteiger partial charge is 0.366 e. The summed E-state index contributed by atoms with van der Waals surface area (Å²) in [5.74, 6) is 0.869. The number of hydrogen-bond acceptors (Lipinski definition) is 5. The summed E-state index contributed by atoms with van der Waals surface area (Å²) in [4.78, 5) is 8.88. The van der Waals surface area contributed by atoms with Gasteiger partial charge in [-0.3, -0.25) is 10.1 Å². The lowest BCUT2D eigenvalue weighted by Crippen LogP contribution is -2.21. The predicted octanol–water partition coefficient (Wildman–Crippen LogP) is 4.72. The normalized spacial score (nSPS) is 15.4. The molecule has 0 unspecified atom stereocenters. The molecule has 0 aliphatic heterocycles. The molecule has 0 spiro atoms. The molecule has 0 amide bonds. The van der Waals surface area contributed by atoms with Gasteiger partial charge in [0, 0.05) is 35.8 Å². The summed E-state index contributed by atoms with van der Waals surface area (Å²) in [6.45, 7) is 5.36. The van der Waals surface area contributed by atoms with Gasteiger partial charge >= 0.3 is 0 Å². The fourth-order valence-corrected chi connectivity index (χ4v) is 4.05. The van der Waals surface area contributed by atoms with Crippen molar-refractivity contribution in [2.24, 2.45) is 5.41 Å². The maximum atomic E-state index is 4.71. The summed E-state index contributed by atoms with van der Waals surface area (Å²) < 4.78 is 0. The van der Waals surface area contributed by atoms with Crippen LogP contribution in [0.15, 0.2) is 41.7 Å². The van der Waals surface area contributed by atoms with Crippen molar-refractivity contribution in [2.45, 2.75) is 44.7 Å². The number of nitrogens with zero attached hydrogens (tertiary/aromatic N) is 3. The van der Waals surface area contributed by atoms with E-state index in [0.717, 1.165) is 40.5 Å². The molecule has 3 heterocycles. The van der Waals surface area contributed by atoms with Crippen LogP contribution >= 0.6 is 11.8 Å². The number of H-pyrrole nitrogens is 1. The second-order valence-electron chi connectivity index (χ2n) is 7.87. The fourth-order valence-electron chi connectivity index (χ4n) is 3.62. The zero-order chi connectivity index (χ0) is 18.9. The van der Waals surface area contributed by atoms with Gasteiger partial charge in [0.25, 0.3) is 0 Å². The molecule has 0 saturated heterocycles. The lowest BCUT2D eigenvalue weighted by molar-refractivity contribution is 0.312. The van der Waals surface area contributed by atoms with Crippen LogP contribution in [0.1, 0.15) is 37.1 Å². The molecule has 0 bridgehead atoms. The number of hydrogen-bond donors (Lipinski definition) is 2. The Bertz CT molecular complexity index is 933. The molecule has 0 aromatic carbocycles. The molecular formula is C21H25N5S. The number of aromatic nitrogens is 4. The fraction of sp³-hybridized carbons (Fsp3) is 0.381. The highest BCUT2D eigenvalue weighted by molar-refractivity contribution is 7.98. The van der Waals surface area contributed by atoms with Crippen molar-refractivity contribution in [1.82, 2.24) is 20.2 Å². The summed E-state index contributed by atoms with van der Waals surface area (Å²) in [5.41, 5.74) is 6.33. The first-order valence-corrected chi connectivity index (χ1v) is 10.5. The molecule has 4 rings (SSSR count). The Morgan fingerprint density at radius 2 is 2.19 bits per heavy atom. The molecule has 3 aromatic rings. The van der Waals surface area contributed by atoms with Gasteiger partial charge in [0.05, 0.1) is 10.7 Å². The standard InChI is InChI=1S/C21H25N5S/c1-21(2)7-6-16-17(11-21)25-26-20(16)15-9-18(24-19(10-15)27-3)23-13-14-5-4-8-22-12-14/h4-5,8-10,12H,6-7,11,13H2,1-3H3,(H,23,24)(H,25,26). The molecule has 1 aliphatic rings. The summed E-state index contributed by atoms with van der Waals surface area (Å²) in [5, 5.41) is 12.4. The second-order valence-corrected chi connectivity index (χ2v) is 8.70.